The van der Waals surface area contributed by atoms with Crippen LogP contribution in [0.25, 0.3) is 22.0 Å². The first-order valence-electron chi connectivity index (χ1n) is 8.18. The van der Waals surface area contributed by atoms with Crippen molar-refractivity contribution >= 4 is 22.5 Å². The summed E-state index contributed by atoms with van der Waals surface area (Å²) < 4.78 is 93.5. The highest BCUT2D eigenvalue weighted by Gasteiger charge is 2.56. The predicted octanol–water partition coefficient (Wildman–Crippen LogP) is 5.70. The molecule has 0 aliphatic rings. The van der Waals surface area contributed by atoms with Crippen molar-refractivity contribution in [2.45, 2.75) is 25.4 Å². The van der Waals surface area contributed by atoms with E-state index in [1.807, 2.05) is 0 Å². The molecule has 0 aliphatic carbocycles. The first-order chi connectivity index (χ1) is 13.4. The van der Waals surface area contributed by atoms with E-state index in [2.05, 4.69) is 4.98 Å². The van der Waals surface area contributed by atoms with Crippen LogP contribution in [0.2, 0.25) is 5.02 Å². The molecule has 3 aromatic rings. The first-order valence-corrected chi connectivity index (χ1v) is 8.56. The van der Waals surface area contributed by atoms with Crippen LogP contribution in [-0.2, 0) is 13.1 Å². The van der Waals surface area contributed by atoms with Crippen molar-refractivity contribution in [3.8, 4) is 11.1 Å². The van der Waals surface area contributed by atoms with Crippen molar-refractivity contribution in [1.82, 2.24) is 9.55 Å². The van der Waals surface area contributed by atoms with Gasteiger partial charge in [-0.25, -0.2) is 4.39 Å². The van der Waals surface area contributed by atoms with Gasteiger partial charge in [0.25, 0.3) is 0 Å². The minimum Gasteiger partial charge on any atom is -0.346 e. The average Bonchev–Trinajstić information content (AvgIpc) is 2.94. The fourth-order valence-corrected chi connectivity index (χ4v) is 3.31. The topological polar surface area (TPSA) is 43.8 Å². The maximum absolute atomic E-state index is 14.7. The number of benzene rings is 1. The smallest absolute Gasteiger partial charge is 0.346 e. The number of nitrogens with zero attached hydrogens (tertiary/aromatic N) is 2. The SMILES string of the molecule is NCc1cn(CC(C(F)(F)F)C(F)(F)F)c2cc(-c3ccncc3Cl)c(F)cc12. The third-order valence-electron chi connectivity index (χ3n) is 4.50. The lowest BCUT2D eigenvalue weighted by Gasteiger charge is -2.23. The van der Waals surface area contributed by atoms with Crippen LogP contribution in [-0.4, -0.2) is 21.9 Å². The van der Waals surface area contributed by atoms with E-state index >= 15 is 0 Å². The van der Waals surface area contributed by atoms with Gasteiger partial charge in [0.05, 0.1) is 5.02 Å². The number of aromatic nitrogens is 2. The molecule has 0 amide bonds. The van der Waals surface area contributed by atoms with Crippen LogP contribution >= 0.6 is 11.6 Å². The highest BCUT2D eigenvalue weighted by molar-refractivity contribution is 6.33. The second-order valence-electron chi connectivity index (χ2n) is 6.35. The molecule has 2 aromatic heterocycles. The highest BCUT2D eigenvalue weighted by atomic mass is 35.5. The van der Waals surface area contributed by atoms with Gasteiger partial charge in [-0.05, 0) is 23.8 Å². The van der Waals surface area contributed by atoms with Gasteiger partial charge in [-0.2, -0.15) is 26.3 Å². The van der Waals surface area contributed by atoms with Gasteiger partial charge < -0.3 is 10.3 Å². The number of nitrogens with two attached hydrogens (primary N) is 1. The molecule has 0 bridgehead atoms. The van der Waals surface area contributed by atoms with Gasteiger partial charge >= 0.3 is 12.4 Å². The fraction of sp³-hybridized carbons (Fsp3) is 0.278. The molecule has 0 saturated heterocycles. The lowest BCUT2D eigenvalue weighted by molar-refractivity contribution is -0.287. The Labute approximate surface area is 164 Å². The summed E-state index contributed by atoms with van der Waals surface area (Å²) in [5.74, 6) is -4.34. The Morgan fingerprint density at radius 3 is 2.28 bits per heavy atom. The zero-order valence-electron chi connectivity index (χ0n) is 14.5. The summed E-state index contributed by atoms with van der Waals surface area (Å²) in [7, 11) is 0. The van der Waals surface area contributed by atoms with Crippen molar-refractivity contribution in [3.63, 3.8) is 0 Å². The van der Waals surface area contributed by atoms with E-state index in [1.54, 1.807) is 0 Å². The largest absolute Gasteiger partial charge is 0.402 e. The number of pyridine rings is 1. The molecule has 1 aromatic carbocycles. The summed E-state index contributed by atoms with van der Waals surface area (Å²) in [6.07, 6.45) is -7.36. The maximum atomic E-state index is 14.7. The van der Waals surface area contributed by atoms with Crippen LogP contribution in [0, 0.1) is 11.7 Å². The molecule has 3 rings (SSSR count). The molecule has 0 unspecified atom stereocenters. The fourth-order valence-electron chi connectivity index (χ4n) is 3.09. The van der Waals surface area contributed by atoms with E-state index in [0.29, 0.717) is 0 Å². The van der Waals surface area contributed by atoms with Gasteiger partial charge in [0.15, 0.2) is 5.92 Å². The van der Waals surface area contributed by atoms with E-state index in [9.17, 15) is 30.7 Å². The van der Waals surface area contributed by atoms with Gasteiger partial charge in [0.2, 0.25) is 0 Å². The molecule has 0 saturated carbocycles. The lowest BCUT2D eigenvalue weighted by atomic mass is 10.0. The van der Waals surface area contributed by atoms with Crippen molar-refractivity contribution in [3.05, 3.63) is 53.2 Å². The van der Waals surface area contributed by atoms with Gasteiger partial charge in [0, 0.05) is 53.7 Å². The highest BCUT2D eigenvalue weighted by Crippen LogP contribution is 2.41. The van der Waals surface area contributed by atoms with Gasteiger partial charge in [0.1, 0.15) is 5.82 Å². The lowest BCUT2D eigenvalue weighted by Crippen LogP contribution is -2.39. The van der Waals surface area contributed by atoms with E-state index in [-0.39, 0.29) is 39.2 Å². The summed E-state index contributed by atoms with van der Waals surface area (Å²) >= 11 is 6.00. The number of hydrogen-bond donors (Lipinski definition) is 1. The number of fused-ring (bicyclic) bond motifs is 1. The summed E-state index contributed by atoms with van der Waals surface area (Å²) in [6, 6.07) is 3.57. The molecule has 156 valence electrons. The zero-order valence-corrected chi connectivity index (χ0v) is 15.2. The molecule has 11 heteroatoms. The number of halogens is 8. The molecule has 29 heavy (non-hydrogen) atoms. The molecule has 0 fully saturated rings. The molecule has 0 radical (unpaired) electrons. The Morgan fingerprint density at radius 1 is 1.07 bits per heavy atom. The molecule has 3 nitrogen and oxygen atoms in total. The second kappa shape index (κ2) is 7.49. The number of hydrogen-bond acceptors (Lipinski definition) is 2. The van der Waals surface area contributed by atoms with Gasteiger partial charge in [-0.15, -0.1) is 0 Å². The van der Waals surface area contributed by atoms with E-state index in [0.717, 1.165) is 22.9 Å². The minimum atomic E-state index is -5.50. The van der Waals surface area contributed by atoms with Crippen molar-refractivity contribution in [2.24, 2.45) is 11.7 Å². The summed E-state index contributed by atoms with van der Waals surface area (Å²) in [6.45, 7) is -1.61. The normalized spacial score (nSPS) is 12.9. The molecular weight excluding hydrogens is 427 g/mol. The summed E-state index contributed by atoms with van der Waals surface area (Å²) in [5, 5.41) is 0.202. The van der Waals surface area contributed by atoms with Crippen LogP contribution in [0.1, 0.15) is 5.56 Å². The molecule has 2 N–H and O–H groups in total. The molecule has 2 heterocycles. The Balaban J connectivity index is 2.20. The van der Waals surface area contributed by atoms with Gasteiger partial charge in [-0.1, -0.05) is 11.6 Å². The number of alkyl halides is 6. The van der Waals surface area contributed by atoms with E-state index in [1.165, 1.54) is 18.5 Å². The Hall–Kier alpha value is -2.33. The maximum Gasteiger partial charge on any atom is 0.402 e. The molecule has 0 atom stereocenters. The van der Waals surface area contributed by atoms with Crippen LogP contribution in [0.15, 0.2) is 36.8 Å². The van der Waals surface area contributed by atoms with Gasteiger partial charge in [-0.3, -0.25) is 4.98 Å². The Kier molecular flexibility index (Phi) is 5.52. The van der Waals surface area contributed by atoms with Crippen molar-refractivity contribution < 1.29 is 30.7 Å². The average molecular weight is 440 g/mol. The molecular formula is C18H13ClF7N3. The zero-order chi connectivity index (χ0) is 21.6. The van der Waals surface area contributed by atoms with Crippen LogP contribution in [0.5, 0.6) is 0 Å². The first kappa shape index (κ1) is 21.4. The summed E-state index contributed by atoms with van der Waals surface area (Å²) in [5.41, 5.74) is 5.86. The third-order valence-corrected chi connectivity index (χ3v) is 4.81. The predicted molar refractivity (Wildman–Crippen MR) is 93.6 cm³/mol. The van der Waals surface area contributed by atoms with E-state index in [4.69, 9.17) is 17.3 Å². The summed E-state index contributed by atoms with van der Waals surface area (Å²) in [4.78, 5) is 3.76. The Bertz CT molecular complexity index is 1030. The molecule has 0 spiro atoms. The monoisotopic (exact) mass is 439 g/mol. The second-order valence-corrected chi connectivity index (χ2v) is 6.76. The third kappa shape index (κ3) is 4.18. The van der Waals surface area contributed by atoms with Crippen LogP contribution < -0.4 is 5.73 Å². The Morgan fingerprint density at radius 2 is 1.72 bits per heavy atom. The number of rotatable bonds is 4. The standard InChI is InChI=1S/C18H13ClF7N3/c19-13-6-28-2-1-10(13)12-4-15-11(3-14(12)20)9(5-27)7-29(15)8-16(17(21,22)23)18(24,25)26/h1-4,6-7,16H,5,8,27H2. The van der Waals surface area contributed by atoms with E-state index < -0.39 is 30.6 Å². The van der Waals surface area contributed by atoms with Crippen molar-refractivity contribution in [2.75, 3.05) is 0 Å². The quantitative estimate of drug-likeness (QED) is 0.530. The van der Waals surface area contributed by atoms with Crippen LogP contribution in [0.3, 0.4) is 0 Å². The molecule has 0 aliphatic heterocycles. The minimum absolute atomic E-state index is 0.0202. The van der Waals surface area contributed by atoms with Crippen LogP contribution in [0.4, 0.5) is 30.7 Å². The van der Waals surface area contributed by atoms with Crippen molar-refractivity contribution in [1.29, 1.82) is 0 Å².